The molecule has 0 unspecified atom stereocenters. The van der Waals surface area contributed by atoms with Crippen molar-refractivity contribution in [2.24, 2.45) is 0 Å². The van der Waals surface area contributed by atoms with E-state index in [1.165, 1.54) is 6.20 Å². The molecule has 0 N–H and O–H groups in total. The van der Waals surface area contributed by atoms with Crippen molar-refractivity contribution in [3.8, 4) is 11.4 Å². The van der Waals surface area contributed by atoms with Crippen molar-refractivity contribution in [2.45, 2.75) is 18.9 Å². The number of carbonyl (C=O) groups is 1. The molecule has 0 aliphatic heterocycles. The van der Waals surface area contributed by atoms with E-state index in [9.17, 15) is 13.6 Å². The van der Waals surface area contributed by atoms with E-state index in [1.807, 2.05) is 0 Å². The molecule has 0 radical (unpaired) electrons. The monoisotopic (exact) mass is 382 g/mol. The van der Waals surface area contributed by atoms with Gasteiger partial charge in [0.2, 0.25) is 5.82 Å². The Morgan fingerprint density at radius 1 is 1.35 bits per heavy atom. The second-order valence-corrected chi connectivity index (χ2v) is 5.74. The average molecular weight is 383 g/mol. The highest BCUT2D eigenvalue weighted by Gasteiger charge is 2.35. The highest BCUT2D eigenvalue weighted by atomic mass is 35.5. The van der Waals surface area contributed by atoms with E-state index in [0.29, 0.717) is 24.3 Å². The third-order valence-corrected chi connectivity index (χ3v) is 3.53. The Morgan fingerprint density at radius 3 is 2.69 bits per heavy atom. The fourth-order valence-electron chi connectivity index (χ4n) is 2.17. The molecule has 0 atom stereocenters. The first-order valence-electron chi connectivity index (χ1n) is 7.56. The maximum atomic E-state index is 12.9. The number of esters is 1. The molecule has 3 rings (SSSR count). The van der Waals surface area contributed by atoms with Crippen molar-refractivity contribution in [1.29, 1.82) is 0 Å². The van der Waals surface area contributed by atoms with Gasteiger partial charge in [-0.15, -0.1) is 0 Å². The van der Waals surface area contributed by atoms with Gasteiger partial charge >= 0.3 is 17.2 Å². The summed E-state index contributed by atoms with van der Waals surface area (Å²) in [6.45, 7) is 2.43. The van der Waals surface area contributed by atoms with Gasteiger partial charge in [0.25, 0.3) is 0 Å². The van der Waals surface area contributed by atoms with E-state index in [2.05, 4.69) is 19.8 Å². The Bertz CT molecular complexity index is 903. The molecule has 7 nitrogen and oxygen atoms in total. The van der Waals surface area contributed by atoms with Crippen LogP contribution in [0.3, 0.4) is 0 Å². The van der Waals surface area contributed by atoms with Gasteiger partial charge in [0.15, 0.2) is 0 Å². The summed E-state index contributed by atoms with van der Waals surface area (Å²) < 4.78 is 36.8. The summed E-state index contributed by atoms with van der Waals surface area (Å²) >= 11 is 4.85. The fourth-order valence-corrected chi connectivity index (χ4v) is 2.25. The highest BCUT2D eigenvalue weighted by Crippen LogP contribution is 2.32. The number of nitrogens with zero attached hydrogens (tertiary/aromatic N) is 4. The Balaban J connectivity index is 1.70. The fraction of sp³-hybridized carbons (Fsp3) is 0.250. The van der Waals surface area contributed by atoms with Crippen LogP contribution in [-0.4, -0.2) is 32.5 Å². The van der Waals surface area contributed by atoms with Crippen LogP contribution in [0.25, 0.3) is 11.4 Å². The molecular formula is C16H13ClF2N4O3. The highest BCUT2D eigenvalue weighted by molar-refractivity contribution is 6.21. The van der Waals surface area contributed by atoms with E-state index in [-0.39, 0.29) is 5.82 Å². The van der Waals surface area contributed by atoms with Crippen molar-refractivity contribution in [2.75, 3.05) is 6.61 Å². The van der Waals surface area contributed by atoms with Crippen LogP contribution in [0, 0.1) is 0 Å². The van der Waals surface area contributed by atoms with Crippen LogP contribution in [0.15, 0.2) is 41.2 Å². The van der Waals surface area contributed by atoms with Crippen LogP contribution in [0.1, 0.15) is 28.7 Å². The Kier molecular flexibility index (Phi) is 4.99. The maximum Gasteiger partial charge on any atom is 0.400 e. The van der Waals surface area contributed by atoms with Crippen LogP contribution in [0.5, 0.6) is 0 Å². The normalized spacial score (nSPS) is 11.5. The molecule has 3 aromatic rings. The van der Waals surface area contributed by atoms with Gasteiger partial charge in [-0.05, 0) is 24.1 Å². The van der Waals surface area contributed by atoms with E-state index in [1.54, 1.807) is 42.1 Å². The Morgan fingerprint density at radius 2 is 2.08 bits per heavy atom. The molecule has 26 heavy (non-hydrogen) atoms. The lowest BCUT2D eigenvalue weighted by molar-refractivity contribution is 0.0525. The first kappa shape index (κ1) is 18.0. The number of alkyl halides is 3. The molecule has 1 aromatic carbocycles. The minimum Gasteiger partial charge on any atom is -0.462 e. The molecule has 0 aliphatic carbocycles. The molecule has 136 valence electrons. The van der Waals surface area contributed by atoms with Gasteiger partial charge in [-0.25, -0.2) is 4.79 Å². The van der Waals surface area contributed by atoms with Gasteiger partial charge in [-0.1, -0.05) is 29.4 Å². The zero-order valence-electron chi connectivity index (χ0n) is 13.5. The number of aromatic nitrogens is 4. The number of ether oxygens (including phenoxy) is 1. The van der Waals surface area contributed by atoms with Crippen molar-refractivity contribution < 1.29 is 22.8 Å². The van der Waals surface area contributed by atoms with E-state index < -0.39 is 17.2 Å². The summed E-state index contributed by atoms with van der Waals surface area (Å²) in [4.78, 5) is 15.2. The summed E-state index contributed by atoms with van der Waals surface area (Å²) in [5.41, 5.74) is 1.74. The molecule has 0 saturated heterocycles. The first-order valence-corrected chi connectivity index (χ1v) is 7.94. The minimum atomic E-state index is -3.71. The molecular weight excluding hydrogens is 370 g/mol. The number of carbonyl (C=O) groups excluding carboxylic acids is 1. The van der Waals surface area contributed by atoms with Crippen LogP contribution in [-0.2, 0) is 16.7 Å². The molecule has 0 fully saturated rings. The quantitative estimate of drug-likeness (QED) is 0.479. The number of hydrogen-bond donors (Lipinski definition) is 0. The molecule has 10 heteroatoms. The largest absolute Gasteiger partial charge is 0.462 e. The van der Waals surface area contributed by atoms with E-state index in [4.69, 9.17) is 16.3 Å². The smallest absolute Gasteiger partial charge is 0.400 e. The predicted molar refractivity (Wildman–Crippen MR) is 86.8 cm³/mol. The molecule has 0 saturated carbocycles. The standard InChI is InChI=1S/C16H13ClF2N4O3/c1-2-25-14(24)12-7-20-23(9-12)8-10-3-5-11(6-4-10)13-21-15(26-22-13)16(17,18)19/h3-7,9H,2,8H2,1H3. The number of benzene rings is 1. The lowest BCUT2D eigenvalue weighted by atomic mass is 10.1. The van der Waals surface area contributed by atoms with E-state index >= 15 is 0 Å². The van der Waals surface area contributed by atoms with Gasteiger partial charge in [0, 0.05) is 11.8 Å². The summed E-state index contributed by atoms with van der Waals surface area (Å²) in [5.74, 6) is -1.38. The number of halogens is 3. The average Bonchev–Trinajstić information content (AvgIpc) is 3.25. The molecule has 0 spiro atoms. The predicted octanol–water partition coefficient (Wildman–Crippen LogP) is 3.45. The molecule has 2 heterocycles. The Labute approximate surface area is 151 Å². The van der Waals surface area contributed by atoms with E-state index in [0.717, 1.165) is 5.56 Å². The lowest BCUT2D eigenvalue weighted by Gasteiger charge is -2.03. The van der Waals surface area contributed by atoms with Crippen LogP contribution < -0.4 is 0 Å². The van der Waals surface area contributed by atoms with Crippen LogP contribution >= 0.6 is 11.6 Å². The SMILES string of the molecule is CCOC(=O)c1cnn(Cc2ccc(-c3noc(C(F)(F)Cl)n3)cc2)c1. The maximum absolute atomic E-state index is 12.9. The number of rotatable bonds is 6. The zero-order valence-corrected chi connectivity index (χ0v) is 14.3. The second-order valence-electron chi connectivity index (χ2n) is 5.26. The van der Waals surface area contributed by atoms with Gasteiger partial charge in [0.1, 0.15) is 0 Å². The third kappa shape index (κ3) is 4.05. The van der Waals surface area contributed by atoms with Crippen molar-refractivity contribution >= 4 is 17.6 Å². The van der Waals surface area contributed by atoms with Gasteiger partial charge < -0.3 is 9.26 Å². The van der Waals surface area contributed by atoms with Gasteiger partial charge in [-0.2, -0.15) is 18.9 Å². The summed E-state index contributed by atoms with van der Waals surface area (Å²) in [6.07, 6.45) is 3.01. The van der Waals surface area contributed by atoms with Crippen LogP contribution in [0.2, 0.25) is 0 Å². The van der Waals surface area contributed by atoms with Crippen molar-refractivity contribution in [1.82, 2.24) is 19.9 Å². The molecule has 0 bridgehead atoms. The summed E-state index contributed by atoms with van der Waals surface area (Å²) in [5, 5.41) is 3.88. The minimum absolute atomic E-state index is 0.00978. The van der Waals surface area contributed by atoms with Crippen molar-refractivity contribution in [3.63, 3.8) is 0 Å². The summed E-state index contributed by atoms with van der Waals surface area (Å²) in [7, 11) is 0. The summed E-state index contributed by atoms with van der Waals surface area (Å²) in [6, 6.07) is 6.84. The Hall–Kier alpha value is -2.81. The third-order valence-electron chi connectivity index (χ3n) is 3.37. The second kappa shape index (κ2) is 7.20. The van der Waals surface area contributed by atoms with Crippen LogP contribution in [0.4, 0.5) is 8.78 Å². The van der Waals surface area contributed by atoms with Gasteiger partial charge in [0.05, 0.1) is 24.9 Å². The topological polar surface area (TPSA) is 83.0 Å². The molecule has 0 aliphatic rings. The zero-order chi connectivity index (χ0) is 18.7. The molecule has 2 aromatic heterocycles. The first-order chi connectivity index (χ1) is 12.4. The molecule has 0 amide bonds. The lowest BCUT2D eigenvalue weighted by Crippen LogP contribution is -2.04. The number of hydrogen-bond acceptors (Lipinski definition) is 6. The van der Waals surface area contributed by atoms with Crippen molar-refractivity contribution in [3.05, 3.63) is 53.7 Å². The van der Waals surface area contributed by atoms with Gasteiger partial charge in [-0.3, -0.25) is 4.68 Å².